The summed E-state index contributed by atoms with van der Waals surface area (Å²) in [5.74, 6) is -2.72. The van der Waals surface area contributed by atoms with Gasteiger partial charge in [0.25, 0.3) is 0 Å². The first-order valence-electron chi connectivity index (χ1n) is 15.7. The Morgan fingerprint density at radius 1 is 1.15 bits per heavy atom. The van der Waals surface area contributed by atoms with E-state index in [4.69, 9.17) is 28.5 Å². The van der Waals surface area contributed by atoms with Crippen LogP contribution in [0, 0.1) is 110 Å². The van der Waals surface area contributed by atoms with Crippen LogP contribution in [0.4, 0.5) is 0 Å². The van der Waals surface area contributed by atoms with Gasteiger partial charge in [-0.1, -0.05) is 34.6 Å². The van der Waals surface area contributed by atoms with Crippen LogP contribution in [0.1, 0.15) is 73.0 Å². The number of ketones is 1. The van der Waals surface area contributed by atoms with Gasteiger partial charge in [0.2, 0.25) is 0 Å². The fourth-order valence-corrected chi connectivity index (χ4v) is 9.06. The van der Waals surface area contributed by atoms with Crippen molar-refractivity contribution >= 4 is 11.8 Å². The topological polar surface area (TPSA) is 185 Å². The van der Waals surface area contributed by atoms with E-state index in [1.165, 1.54) is 6.26 Å². The molecule has 4 aliphatic rings. The summed E-state index contributed by atoms with van der Waals surface area (Å²) < 4.78 is 28.5. The summed E-state index contributed by atoms with van der Waals surface area (Å²) in [4.78, 5) is 28.1. The summed E-state index contributed by atoms with van der Waals surface area (Å²) in [6.45, 7) is 11.4. The maximum Gasteiger partial charge on any atom is 0.336 e. The average Bonchev–Trinajstić information content (AvgIpc) is 3.54. The molecule has 258 valence electrons. The molecule has 3 fully saturated rings. The van der Waals surface area contributed by atoms with Gasteiger partial charge in [-0.05, 0) is 43.0 Å². The van der Waals surface area contributed by atoms with Crippen molar-refractivity contribution < 1.29 is 147 Å². The van der Waals surface area contributed by atoms with Crippen molar-refractivity contribution in [2.45, 2.75) is 109 Å². The molecular formula is C33H48Ac2O12. The Kier molecular flexibility index (Phi) is 13.4. The van der Waals surface area contributed by atoms with E-state index in [0.717, 1.165) is 0 Å². The molecule has 2 bridgehead atoms. The number of aliphatic hydroxyl groups excluding tert-OH is 3. The Bertz CT molecular complexity index is 1330. The van der Waals surface area contributed by atoms with Crippen LogP contribution in [0.25, 0.3) is 0 Å². The monoisotopic (exact) mass is 1090 g/mol. The van der Waals surface area contributed by atoms with E-state index in [9.17, 15) is 30.0 Å². The van der Waals surface area contributed by atoms with Crippen LogP contribution in [0.5, 0.6) is 0 Å². The van der Waals surface area contributed by atoms with Crippen LogP contribution < -0.4 is 0 Å². The number of fused-ring (bicyclic) bond motifs is 5. The quantitative estimate of drug-likeness (QED) is 0.104. The first kappa shape index (κ1) is 42.1. The predicted octanol–water partition coefficient (Wildman–Crippen LogP) is 1.61. The SMILES string of the molecule is CC1=C2C(O)C(=O)[C@]3(C)C(OCOCCO)CC4OC[C@@]4(O)C3(C)[C@H](C)C(O)(CC1OC(=O)C(O)[C@@H](C)c1ccco1)C2(C)C.[Ac].[Ac]. The number of carbonyl (C=O) groups excluding carboxylic acids is 2. The van der Waals surface area contributed by atoms with Gasteiger partial charge in [-0.3, -0.25) is 4.79 Å². The van der Waals surface area contributed by atoms with Gasteiger partial charge >= 0.3 is 5.97 Å². The van der Waals surface area contributed by atoms with Crippen molar-refractivity contribution in [2.24, 2.45) is 22.2 Å². The number of hydrogen-bond donors (Lipinski definition) is 5. The first-order chi connectivity index (χ1) is 20.9. The zero-order chi connectivity index (χ0) is 33.3. The second kappa shape index (κ2) is 15.0. The number of hydrogen-bond acceptors (Lipinski definition) is 12. The second-order valence-corrected chi connectivity index (χ2v) is 14.3. The van der Waals surface area contributed by atoms with Gasteiger partial charge in [-0.25, -0.2) is 4.79 Å². The van der Waals surface area contributed by atoms with E-state index < -0.39 is 81.6 Å². The van der Waals surface area contributed by atoms with E-state index >= 15 is 0 Å². The Hall–Kier alpha value is 0.723. The van der Waals surface area contributed by atoms with Gasteiger partial charge in [0.1, 0.15) is 30.4 Å². The van der Waals surface area contributed by atoms with E-state index in [2.05, 4.69) is 0 Å². The second-order valence-electron chi connectivity index (χ2n) is 14.3. The average molecular weight is 1090 g/mol. The molecule has 1 aliphatic heterocycles. The molecule has 14 heteroatoms. The third-order valence-electron chi connectivity index (χ3n) is 12.4. The maximum absolute atomic E-state index is 14.8. The minimum atomic E-state index is -1.75. The molecule has 3 aliphatic carbocycles. The molecule has 7 unspecified atom stereocenters. The standard InChI is InChI=1S/C33H48O12.2Ac/c1-17-21(45-28(38)25(35)18(2)20-9-8-11-42-20)14-32(39)19(3)31(7)30(6,27(37)26(36)24(17)29(32,4)5)22(44-16-41-12-10-34)13-23-33(31,40)15-43-23;;/h8-9,11,18-19,21-23,25-26,34-36,39-40H,10,12-16H2,1-7H3;;/t18-,19-,21?,22?,23?,25?,26?,30-,31?,32?,33-;;/m0../s1. The Labute approximate surface area is 347 Å². The summed E-state index contributed by atoms with van der Waals surface area (Å²) in [5.41, 5.74) is -6.87. The molecule has 2 heterocycles. The first-order valence-corrected chi connectivity index (χ1v) is 15.7. The number of ether oxygens (including phenoxy) is 4. The van der Waals surface area contributed by atoms with Crippen molar-refractivity contribution in [3.8, 4) is 0 Å². The third-order valence-corrected chi connectivity index (χ3v) is 12.4. The van der Waals surface area contributed by atoms with Crippen LogP contribution in [-0.2, 0) is 28.5 Å². The van der Waals surface area contributed by atoms with Gasteiger partial charge in [0.05, 0.1) is 55.2 Å². The number of furan rings is 1. The molecule has 0 amide bonds. The van der Waals surface area contributed by atoms with Crippen LogP contribution in [-0.4, -0.2) is 106 Å². The molecule has 2 saturated carbocycles. The van der Waals surface area contributed by atoms with Crippen LogP contribution in [0.3, 0.4) is 0 Å². The van der Waals surface area contributed by atoms with Crippen molar-refractivity contribution in [1.29, 1.82) is 0 Å². The fraction of sp³-hybridized carbons (Fsp3) is 0.758. The molecule has 1 aromatic heterocycles. The summed E-state index contributed by atoms with van der Waals surface area (Å²) >= 11 is 0. The van der Waals surface area contributed by atoms with E-state index in [-0.39, 0.29) is 133 Å². The van der Waals surface area contributed by atoms with E-state index in [1.807, 2.05) is 0 Å². The molecule has 5 rings (SSSR count). The minimum absolute atomic E-state index is 0. The summed E-state index contributed by atoms with van der Waals surface area (Å²) in [7, 11) is 0. The number of esters is 1. The van der Waals surface area contributed by atoms with E-state index in [1.54, 1.807) is 60.6 Å². The number of rotatable bonds is 9. The zero-order valence-corrected chi connectivity index (χ0v) is 37.8. The van der Waals surface area contributed by atoms with Gasteiger partial charge < -0.3 is 48.9 Å². The molecule has 1 saturated heterocycles. The van der Waals surface area contributed by atoms with Crippen LogP contribution in [0.2, 0.25) is 0 Å². The molecular weight excluding hydrogens is 1040 g/mol. The van der Waals surface area contributed by atoms with Gasteiger partial charge in [-0.2, -0.15) is 0 Å². The summed E-state index contributed by atoms with van der Waals surface area (Å²) in [6.07, 6.45) is -4.56. The summed E-state index contributed by atoms with van der Waals surface area (Å²) in [5, 5.41) is 57.3. The molecule has 0 spiro atoms. The normalized spacial score (nSPS) is 40.3. The summed E-state index contributed by atoms with van der Waals surface area (Å²) in [6, 6.07) is 3.29. The van der Waals surface area contributed by atoms with E-state index in [0.29, 0.717) is 11.3 Å². The number of carbonyl (C=O) groups is 2. The van der Waals surface area contributed by atoms with Gasteiger partial charge in [0, 0.05) is 112 Å². The van der Waals surface area contributed by atoms with Crippen LogP contribution in [0.15, 0.2) is 34.0 Å². The zero-order valence-electron chi connectivity index (χ0n) is 28.3. The maximum atomic E-state index is 14.8. The smallest absolute Gasteiger partial charge is 0.336 e. The van der Waals surface area contributed by atoms with Crippen molar-refractivity contribution in [2.75, 3.05) is 26.6 Å². The minimum Gasteiger partial charge on any atom is -0.469 e. The molecule has 2 radical (unpaired) electrons. The number of Topliss-reactive ketones (excluding diaryl/α,β-unsaturated/α-hetero) is 1. The number of aliphatic hydroxyl groups is 5. The largest absolute Gasteiger partial charge is 0.469 e. The Morgan fingerprint density at radius 2 is 1.81 bits per heavy atom. The molecule has 0 aromatic carbocycles. The van der Waals surface area contributed by atoms with Crippen molar-refractivity contribution in [3.63, 3.8) is 0 Å². The fourth-order valence-electron chi connectivity index (χ4n) is 9.06. The Balaban J connectivity index is 0.00000300. The molecule has 1 aromatic rings. The van der Waals surface area contributed by atoms with Gasteiger partial charge in [0.15, 0.2) is 11.9 Å². The molecule has 47 heavy (non-hydrogen) atoms. The third kappa shape index (κ3) is 6.11. The molecule has 11 atom stereocenters. The predicted molar refractivity (Wildman–Crippen MR) is 158 cm³/mol. The Morgan fingerprint density at radius 3 is 2.36 bits per heavy atom. The van der Waals surface area contributed by atoms with Crippen LogP contribution >= 0.6 is 0 Å². The molecule has 5 N–H and O–H groups in total. The molecule has 12 nitrogen and oxygen atoms in total. The van der Waals surface area contributed by atoms with Gasteiger partial charge in [-0.15, -0.1) is 0 Å². The van der Waals surface area contributed by atoms with Crippen molar-refractivity contribution in [1.82, 2.24) is 0 Å². The van der Waals surface area contributed by atoms with Crippen molar-refractivity contribution in [3.05, 3.63) is 35.3 Å².